The average Bonchev–Trinajstić information content (AvgIpc) is 2.86. The molecule has 2 saturated heterocycles. The van der Waals surface area contributed by atoms with Crippen LogP contribution in [0.5, 0.6) is 0 Å². The summed E-state index contributed by atoms with van der Waals surface area (Å²) in [5.74, 6) is -2.87. The number of benzene rings is 1. The summed E-state index contributed by atoms with van der Waals surface area (Å²) in [4.78, 5) is 15.9. The molecule has 0 unspecified atom stereocenters. The zero-order chi connectivity index (χ0) is 18.0. The summed E-state index contributed by atoms with van der Waals surface area (Å²) in [6.45, 7) is 3.21. The normalized spacial score (nSPS) is 23.3. The van der Waals surface area contributed by atoms with Gasteiger partial charge in [0.15, 0.2) is 0 Å². The van der Waals surface area contributed by atoms with Gasteiger partial charge in [0.1, 0.15) is 0 Å². The van der Waals surface area contributed by atoms with Gasteiger partial charge in [-0.2, -0.15) is 5.26 Å². The van der Waals surface area contributed by atoms with Crippen molar-refractivity contribution in [3.63, 3.8) is 0 Å². The number of rotatable bonds is 5. The second-order valence-electron chi connectivity index (χ2n) is 6.60. The summed E-state index contributed by atoms with van der Waals surface area (Å²) in [5.41, 5.74) is 0.883. The van der Waals surface area contributed by atoms with Crippen molar-refractivity contribution in [2.75, 3.05) is 32.8 Å². The molecule has 3 rings (SSSR count). The van der Waals surface area contributed by atoms with Crippen LogP contribution < -0.4 is 0 Å². The lowest BCUT2D eigenvalue weighted by Crippen LogP contribution is -2.62. The minimum absolute atomic E-state index is 0.0677. The minimum atomic E-state index is -2.70. The van der Waals surface area contributed by atoms with E-state index in [1.54, 1.807) is 34.1 Å². The van der Waals surface area contributed by atoms with Gasteiger partial charge in [-0.1, -0.05) is 6.07 Å². The average molecular weight is 349 g/mol. The first-order valence-electron chi connectivity index (χ1n) is 8.44. The van der Waals surface area contributed by atoms with Gasteiger partial charge in [0.2, 0.25) is 0 Å². The van der Waals surface area contributed by atoms with Crippen molar-refractivity contribution in [1.29, 1.82) is 5.26 Å². The highest BCUT2D eigenvalue weighted by Crippen LogP contribution is 2.35. The molecule has 2 aliphatic heterocycles. The van der Waals surface area contributed by atoms with Crippen molar-refractivity contribution in [3.8, 4) is 6.07 Å². The van der Waals surface area contributed by atoms with Gasteiger partial charge in [-0.25, -0.2) is 8.78 Å². The molecule has 0 aromatic heterocycles. The Bertz CT molecular complexity index is 683. The number of nitriles is 1. The number of hydrogen-bond donors (Lipinski definition) is 0. The molecule has 25 heavy (non-hydrogen) atoms. The molecule has 2 heterocycles. The SMILES string of the molecule is CCOC[C@@H]1CC(F)(F)CN1C1CN(C(=O)c2cccc(C#N)c2)C1. The molecule has 0 N–H and O–H groups in total. The predicted molar refractivity (Wildman–Crippen MR) is 87.4 cm³/mol. The van der Waals surface area contributed by atoms with Gasteiger partial charge in [0.05, 0.1) is 24.8 Å². The van der Waals surface area contributed by atoms with E-state index in [0.29, 0.717) is 37.4 Å². The van der Waals surface area contributed by atoms with Crippen LogP contribution in [0, 0.1) is 11.3 Å². The van der Waals surface area contributed by atoms with Gasteiger partial charge in [-0.05, 0) is 25.1 Å². The molecular weight excluding hydrogens is 328 g/mol. The first-order chi connectivity index (χ1) is 11.9. The molecule has 2 fully saturated rings. The fourth-order valence-electron chi connectivity index (χ4n) is 3.49. The minimum Gasteiger partial charge on any atom is -0.380 e. The summed E-state index contributed by atoms with van der Waals surface area (Å²) < 4.78 is 32.9. The van der Waals surface area contributed by atoms with Crippen LogP contribution in [0.1, 0.15) is 29.3 Å². The lowest BCUT2D eigenvalue weighted by atomic mass is 10.0. The van der Waals surface area contributed by atoms with E-state index in [-0.39, 0.29) is 31.0 Å². The van der Waals surface area contributed by atoms with Gasteiger partial charge < -0.3 is 9.64 Å². The molecule has 0 saturated carbocycles. The molecule has 1 aromatic rings. The Hall–Kier alpha value is -2.04. The number of carbonyl (C=O) groups excluding carboxylic acids is 1. The molecule has 7 heteroatoms. The first-order valence-corrected chi connectivity index (χ1v) is 8.44. The van der Waals surface area contributed by atoms with Crippen LogP contribution in [0.15, 0.2) is 24.3 Å². The van der Waals surface area contributed by atoms with E-state index in [1.165, 1.54) is 0 Å². The highest BCUT2D eigenvalue weighted by atomic mass is 19.3. The smallest absolute Gasteiger partial charge is 0.262 e. The maximum atomic E-state index is 13.8. The summed E-state index contributed by atoms with van der Waals surface area (Å²) >= 11 is 0. The summed E-state index contributed by atoms with van der Waals surface area (Å²) in [6.07, 6.45) is -0.193. The Balaban J connectivity index is 1.61. The summed E-state index contributed by atoms with van der Waals surface area (Å²) in [5, 5.41) is 8.92. The summed E-state index contributed by atoms with van der Waals surface area (Å²) in [6, 6.07) is 8.16. The molecule has 2 aliphatic rings. The summed E-state index contributed by atoms with van der Waals surface area (Å²) in [7, 11) is 0. The Morgan fingerprint density at radius 1 is 1.44 bits per heavy atom. The first kappa shape index (κ1) is 17.8. The number of hydrogen-bond acceptors (Lipinski definition) is 4. The Morgan fingerprint density at radius 2 is 2.20 bits per heavy atom. The van der Waals surface area contributed by atoms with Crippen molar-refractivity contribution >= 4 is 5.91 Å². The van der Waals surface area contributed by atoms with Crippen LogP contribution in [0.3, 0.4) is 0 Å². The molecule has 0 spiro atoms. The molecule has 0 bridgehead atoms. The van der Waals surface area contributed by atoms with Crippen LogP contribution in [0.2, 0.25) is 0 Å². The van der Waals surface area contributed by atoms with Crippen molar-refractivity contribution in [2.24, 2.45) is 0 Å². The molecule has 1 amide bonds. The predicted octanol–water partition coefficient (Wildman–Crippen LogP) is 2.13. The van der Waals surface area contributed by atoms with Crippen LogP contribution in [-0.2, 0) is 4.74 Å². The number of amides is 1. The zero-order valence-corrected chi connectivity index (χ0v) is 14.1. The largest absolute Gasteiger partial charge is 0.380 e. The van der Waals surface area contributed by atoms with Crippen LogP contribution >= 0.6 is 0 Å². The topological polar surface area (TPSA) is 56.6 Å². The number of ether oxygens (including phenoxy) is 1. The fraction of sp³-hybridized carbons (Fsp3) is 0.556. The molecule has 0 aliphatic carbocycles. The van der Waals surface area contributed by atoms with E-state index < -0.39 is 5.92 Å². The molecule has 134 valence electrons. The zero-order valence-electron chi connectivity index (χ0n) is 14.1. The highest BCUT2D eigenvalue weighted by molar-refractivity contribution is 5.95. The number of halogens is 2. The van der Waals surface area contributed by atoms with Gasteiger partial charge in [-0.15, -0.1) is 0 Å². The van der Waals surface area contributed by atoms with E-state index in [0.717, 1.165) is 0 Å². The highest BCUT2D eigenvalue weighted by Gasteiger charge is 2.50. The maximum Gasteiger partial charge on any atom is 0.262 e. The Kier molecular flexibility index (Phi) is 5.02. The van der Waals surface area contributed by atoms with E-state index in [4.69, 9.17) is 10.00 Å². The number of carbonyl (C=O) groups is 1. The van der Waals surface area contributed by atoms with Crippen LogP contribution in [0.4, 0.5) is 8.78 Å². The third-order valence-corrected chi connectivity index (χ3v) is 4.79. The van der Waals surface area contributed by atoms with Crippen molar-refractivity contribution in [3.05, 3.63) is 35.4 Å². The molecule has 1 aromatic carbocycles. The van der Waals surface area contributed by atoms with Crippen LogP contribution in [0.25, 0.3) is 0 Å². The standard InChI is InChI=1S/C18H21F2N3O2/c1-2-25-11-15-7-18(19,20)12-23(15)16-9-22(10-16)17(24)14-5-3-4-13(6-14)8-21/h3-6,15-16H,2,7,9-12H2,1H3/t15-/m0/s1. The van der Waals surface area contributed by atoms with Crippen molar-refractivity contribution in [1.82, 2.24) is 9.80 Å². The Labute approximate surface area is 145 Å². The second kappa shape index (κ2) is 7.06. The monoisotopic (exact) mass is 349 g/mol. The lowest BCUT2D eigenvalue weighted by molar-refractivity contribution is -0.0148. The maximum absolute atomic E-state index is 13.8. The molecule has 0 radical (unpaired) electrons. The van der Waals surface area contributed by atoms with Gasteiger partial charge >= 0.3 is 0 Å². The van der Waals surface area contributed by atoms with Gasteiger partial charge in [0.25, 0.3) is 11.8 Å². The number of alkyl halides is 2. The molecular formula is C18H21F2N3O2. The number of nitrogens with zero attached hydrogens (tertiary/aromatic N) is 3. The Morgan fingerprint density at radius 3 is 2.88 bits per heavy atom. The third kappa shape index (κ3) is 3.80. The van der Waals surface area contributed by atoms with Crippen LogP contribution in [-0.4, -0.2) is 66.6 Å². The van der Waals surface area contributed by atoms with Crippen molar-refractivity contribution < 1.29 is 18.3 Å². The lowest BCUT2D eigenvalue weighted by Gasteiger charge is -2.45. The van der Waals surface area contributed by atoms with E-state index in [2.05, 4.69) is 0 Å². The quantitative estimate of drug-likeness (QED) is 0.817. The third-order valence-electron chi connectivity index (χ3n) is 4.79. The van der Waals surface area contributed by atoms with Gasteiger partial charge in [0, 0.05) is 43.8 Å². The second-order valence-corrected chi connectivity index (χ2v) is 6.60. The molecule has 5 nitrogen and oxygen atoms in total. The van der Waals surface area contributed by atoms with E-state index in [9.17, 15) is 13.6 Å². The fourth-order valence-corrected chi connectivity index (χ4v) is 3.49. The van der Waals surface area contributed by atoms with Crippen molar-refractivity contribution in [2.45, 2.75) is 31.4 Å². The van der Waals surface area contributed by atoms with E-state index in [1.807, 2.05) is 13.0 Å². The number of likely N-dealkylation sites (tertiary alicyclic amines) is 2. The molecule has 1 atom stereocenters. The van der Waals surface area contributed by atoms with Gasteiger partial charge in [-0.3, -0.25) is 9.69 Å². The van der Waals surface area contributed by atoms with E-state index >= 15 is 0 Å².